The van der Waals surface area contributed by atoms with Gasteiger partial charge in [-0.15, -0.1) is 0 Å². The van der Waals surface area contributed by atoms with E-state index >= 15 is 0 Å². The Kier molecular flexibility index (Phi) is 3.51. The second-order valence-electron chi connectivity index (χ2n) is 3.73. The Morgan fingerprint density at radius 1 is 1.67 bits per heavy atom. The van der Waals surface area contributed by atoms with Crippen LogP contribution >= 0.6 is 0 Å². The third-order valence-corrected chi connectivity index (χ3v) is 2.45. The van der Waals surface area contributed by atoms with Gasteiger partial charge in [-0.25, -0.2) is 4.98 Å². The Morgan fingerprint density at radius 3 is 2.87 bits per heavy atom. The molecule has 0 fully saturated rings. The average molecular weight is 204 g/mol. The van der Waals surface area contributed by atoms with E-state index < -0.39 is 0 Å². The lowest BCUT2D eigenvalue weighted by atomic mass is 10.2. The van der Waals surface area contributed by atoms with E-state index in [1.165, 1.54) is 0 Å². The summed E-state index contributed by atoms with van der Waals surface area (Å²) in [6.07, 6.45) is 2.12. The van der Waals surface area contributed by atoms with Crippen LogP contribution in [0.15, 0.2) is 12.3 Å². The lowest BCUT2D eigenvalue weighted by Crippen LogP contribution is -2.29. The van der Waals surface area contributed by atoms with E-state index in [1.807, 2.05) is 31.9 Å². The molecule has 4 heteroatoms. The van der Waals surface area contributed by atoms with Gasteiger partial charge in [-0.3, -0.25) is 0 Å². The number of nitriles is 1. The van der Waals surface area contributed by atoms with Crippen LogP contribution in [-0.4, -0.2) is 18.1 Å². The Hall–Kier alpha value is -1.76. The molecule has 0 aliphatic heterocycles. The molecule has 1 heterocycles. The number of pyridine rings is 1. The van der Waals surface area contributed by atoms with Crippen molar-refractivity contribution >= 4 is 11.5 Å². The highest BCUT2D eigenvalue weighted by atomic mass is 15.2. The van der Waals surface area contributed by atoms with Crippen molar-refractivity contribution in [1.29, 1.82) is 5.26 Å². The molecule has 15 heavy (non-hydrogen) atoms. The Morgan fingerprint density at radius 2 is 2.33 bits per heavy atom. The summed E-state index contributed by atoms with van der Waals surface area (Å²) in [6.45, 7) is 3.97. The SMILES string of the molecule is Cc1cc(N)cnc1N(C)C(C)CC#N. The van der Waals surface area contributed by atoms with E-state index in [1.54, 1.807) is 6.20 Å². The predicted octanol–water partition coefficient (Wildman–Crippen LogP) is 1.71. The summed E-state index contributed by atoms with van der Waals surface area (Å²) in [7, 11) is 1.94. The fourth-order valence-electron chi connectivity index (χ4n) is 1.44. The first kappa shape index (κ1) is 11.3. The highest BCUT2D eigenvalue weighted by Crippen LogP contribution is 2.20. The molecule has 1 unspecified atom stereocenters. The summed E-state index contributed by atoms with van der Waals surface area (Å²) >= 11 is 0. The molecule has 0 aromatic carbocycles. The number of hydrogen-bond donors (Lipinski definition) is 1. The maximum atomic E-state index is 8.63. The number of aryl methyl sites for hydroxylation is 1. The maximum Gasteiger partial charge on any atom is 0.131 e. The van der Waals surface area contributed by atoms with Crippen LogP contribution in [0, 0.1) is 18.3 Å². The number of hydrogen-bond acceptors (Lipinski definition) is 4. The van der Waals surface area contributed by atoms with E-state index in [0.717, 1.165) is 11.4 Å². The number of rotatable bonds is 3. The van der Waals surface area contributed by atoms with E-state index in [2.05, 4.69) is 11.1 Å². The molecule has 0 amide bonds. The van der Waals surface area contributed by atoms with Gasteiger partial charge < -0.3 is 10.6 Å². The van der Waals surface area contributed by atoms with Crippen molar-refractivity contribution in [2.24, 2.45) is 0 Å². The molecule has 4 nitrogen and oxygen atoms in total. The molecular weight excluding hydrogens is 188 g/mol. The Bertz CT molecular complexity index is 381. The summed E-state index contributed by atoms with van der Waals surface area (Å²) < 4.78 is 0. The van der Waals surface area contributed by atoms with Crippen molar-refractivity contribution in [2.45, 2.75) is 26.3 Å². The molecule has 0 radical (unpaired) electrons. The van der Waals surface area contributed by atoms with Gasteiger partial charge in [0.1, 0.15) is 5.82 Å². The summed E-state index contributed by atoms with van der Waals surface area (Å²) in [6, 6.07) is 4.20. The van der Waals surface area contributed by atoms with Crippen LogP contribution in [-0.2, 0) is 0 Å². The molecule has 1 aromatic rings. The van der Waals surface area contributed by atoms with Gasteiger partial charge in [-0.05, 0) is 25.5 Å². The highest BCUT2D eigenvalue weighted by molar-refractivity contribution is 5.52. The molecule has 0 spiro atoms. The first-order valence-corrected chi connectivity index (χ1v) is 4.88. The van der Waals surface area contributed by atoms with Gasteiger partial charge in [0.15, 0.2) is 0 Å². The van der Waals surface area contributed by atoms with Crippen LogP contribution in [0.3, 0.4) is 0 Å². The number of nitrogen functional groups attached to an aromatic ring is 1. The van der Waals surface area contributed by atoms with Crippen LogP contribution < -0.4 is 10.6 Å². The minimum absolute atomic E-state index is 0.157. The monoisotopic (exact) mass is 204 g/mol. The highest BCUT2D eigenvalue weighted by Gasteiger charge is 2.12. The number of nitrogens with zero attached hydrogens (tertiary/aromatic N) is 3. The Labute approximate surface area is 90.3 Å². The van der Waals surface area contributed by atoms with Crippen LogP contribution in [0.4, 0.5) is 11.5 Å². The first-order chi connectivity index (χ1) is 7.06. The molecule has 0 saturated heterocycles. The van der Waals surface area contributed by atoms with Crippen LogP contribution in [0.1, 0.15) is 18.9 Å². The zero-order valence-corrected chi connectivity index (χ0v) is 9.36. The molecule has 0 aliphatic rings. The van der Waals surface area contributed by atoms with E-state index in [0.29, 0.717) is 12.1 Å². The topological polar surface area (TPSA) is 65.9 Å². The summed E-state index contributed by atoms with van der Waals surface area (Å²) in [5.74, 6) is 0.881. The van der Waals surface area contributed by atoms with Gasteiger partial charge in [0, 0.05) is 13.1 Å². The first-order valence-electron chi connectivity index (χ1n) is 4.88. The number of nitrogens with two attached hydrogens (primary N) is 1. The van der Waals surface area contributed by atoms with Crippen LogP contribution in [0.5, 0.6) is 0 Å². The normalized spacial score (nSPS) is 11.9. The van der Waals surface area contributed by atoms with Crippen molar-refractivity contribution in [1.82, 2.24) is 4.98 Å². The van der Waals surface area contributed by atoms with E-state index in [9.17, 15) is 0 Å². The zero-order valence-electron chi connectivity index (χ0n) is 9.36. The standard InChI is InChI=1S/C11H16N4/c1-8-6-10(13)7-14-11(8)15(3)9(2)4-5-12/h6-7,9H,4,13H2,1-3H3. The molecular formula is C11H16N4. The summed E-state index contributed by atoms with van der Waals surface area (Å²) in [4.78, 5) is 6.27. The molecule has 0 saturated carbocycles. The zero-order chi connectivity index (χ0) is 11.4. The summed E-state index contributed by atoms with van der Waals surface area (Å²) in [5, 5.41) is 8.63. The number of anilines is 2. The fraction of sp³-hybridized carbons (Fsp3) is 0.455. The minimum atomic E-state index is 0.157. The van der Waals surface area contributed by atoms with Gasteiger partial charge in [0.25, 0.3) is 0 Å². The largest absolute Gasteiger partial charge is 0.397 e. The van der Waals surface area contributed by atoms with Crippen molar-refractivity contribution in [3.05, 3.63) is 17.8 Å². The molecule has 1 rings (SSSR count). The molecule has 80 valence electrons. The average Bonchev–Trinajstić information content (AvgIpc) is 2.17. The summed E-state index contributed by atoms with van der Waals surface area (Å²) in [5.41, 5.74) is 7.32. The van der Waals surface area contributed by atoms with Gasteiger partial charge >= 0.3 is 0 Å². The Balaban J connectivity index is 2.91. The molecule has 2 N–H and O–H groups in total. The van der Waals surface area contributed by atoms with Crippen molar-refractivity contribution in [3.8, 4) is 6.07 Å². The quantitative estimate of drug-likeness (QED) is 0.814. The molecule has 0 bridgehead atoms. The van der Waals surface area contributed by atoms with Gasteiger partial charge in [0.2, 0.25) is 0 Å². The maximum absolute atomic E-state index is 8.63. The smallest absolute Gasteiger partial charge is 0.131 e. The van der Waals surface area contributed by atoms with Crippen molar-refractivity contribution in [3.63, 3.8) is 0 Å². The third kappa shape index (κ3) is 2.59. The van der Waals surface area contributed by atoms with E-state index in [4.69, 9.17) is 11.0 Å². The van der Waals surface area contributed by atoms with Gasteiger partial charge in [-0.1, -0.05) is 0 Å². The lowest BCUT2D eigenvalue weighted by Gasteiger charge is -2.25. The van der Waals surface area contributed by atoms with Crippen LogP contribution in [0.25, 0.3) is 0 Å². The van der Waals surface area contributed by atoms with E-state index in [-0.39, 0.29) is 6.04 Å². The third-order valence-electron chi connectivity index (χ3n) is 2.45. The lowest BCUT2D eigenvalue weighted by molar-refractivity contribution is 0.692. The second-order valence-corrected chi connectivity index (χ2v) is 3.73. The fourth-order valence-corrected chi connectivity index (χ4v) is 1.44. The molecule has 0 aliphatic carbocycles. The van der Waals surface area contributed by atoms with Crippen LogP contribution in [0.2, 0.25) is 0 Å². The van der Waals surface area contributed by atoms with Gasteiger partial charge in [0.05, 0.1) is 24.4 Å². The molecule has 1 atom stereocenters. The predicted molar refractivity (Wildman–Crippen MR) is 61.5 cm³/mol. The van der Waals surface area contributed by atoms with Crippen molar-refractivity contribution < 1.29 is 0 Å². The van der Waals surface area contributed by atoms with Gasteiger partial charge in [-0.2, -0.15) is 5.26 Å². The molecule has 1 aromatic heterocycles. The minimum Gasteiger partial charge on any atom is -0.397 e. The second kappa shape index (κ2) is 4.65. The number of aromatic nitrogens is 1. The van der Waals surface area contributed by atoms with Crippen molar-refractivity contribution in [2.75, 3.05) is 17.7 Å².